The van der Waals surface area contributed by atoms with E-state index in [1.165, 1.54) is 32.1 Å². The molecule has 0 spiro atoms. The average Bonchev–Trinajstić information content (AvgIpc) is 2.27. The fourth-order valence-electron chi connectivity index (χ4n) is 1.86. The molecule has 0 aromatic rings. The van der Waals surface area contributed by atoms with E-state index in [2.05, 4.69) is 24.5 Å². The third-order valence-corrected chi connectivity index (χ3v) is 2.91. The van der Waals surface area contributed by atoms with Crippen LogP contribution in [-0.2, 0) is 4.79 Å². The Morgan fingerprint density at radius 3 is 2.31 bits per heavy atom. The van der Waals surface area contributed by atoms with Crippen molar-refractivity contribution in [2.24, 2.45) is 0 Å². The number of carbonyl (C=O) groups excluding carboxylic acids is 1. The van der Waals surface area contributed by atoms with Gasteiger partial charge in [-0.05, 0) is 20.3 Å². The summed E-state index contributed by atoms with van der Waals surface area (Å²) < 4.78 is 0. The molecular formula is C13H28N2O. The highest BCUT2D eigenvalue weighted by molar-refractivity contribution is 5.80. The minimum Gasteiger partial charge on any atom is -0.358 e. The van der Waals surface area contributed by atoms with E-state index in [1.54, 1.807) is 7.05 Å². The zero-order valence-electron chi connectivity index (χ0n) is 11.3. The molecule has 0 radical (unpaired) electrons. The van der Waals surface area contributed by atoms with Gasteiger partial charge in [-0.1, -0.05) is 39.0 Å². The van der Waals surface area contributed by atoms with Crippen molar-refractivity contribution in [3.05, 3.63) is 0 Å². The molecule has 16 heavy (non-hydrogen) atoms. The molecule has 0 rings (SSSR count). The number of likely N-dealkylation sites (N-methyl/N-ethyl adjacent to an activating group) is 1. The summed E-state index contributed by atoms with van der Waals surface area (Å²) in [5.41, 5.74) is 0. The van der Waals surface area contributed by atoms with Gasteiger partial charge in [-0.2, -0.15) is 0 Å². The highest BCUT2D eigenvalue weighted by atomic mass is 16.2. The Labute approximate surface area is 100 Å². The van der Waals surface area contributed by atoms with Gasteiger partial charge >= 0.3 is 0 Å². The lowest BCUT2D eigenvalue weighted by Crippen LogP contribution is -2.44. The van der Waals surface area contributed by atoms with E-state index in [1.807, 2.05) is 6.92 Å². The second-order valence-corrected chi connectivity index (χ2v) is 4.61. The van der Waals surface area contributed by atoms with Crippen LogP contribution in [0.4, 0.5) is 0 Å². The maximum Gasteiger partial charge on any atom is 0.236 e. The standard InChI is InChI=1S/C13H28N2O/c1-5-6-7-8-9-10-11(2)15-12(3)13(16)14-4/h11-12,15H,5-10H2,1-4H3,(H,14,16). The Morgan fingerprint density at radius 2 is 1.75 bits per heavy atom. The number of amides is 1. The predicted octanol–water partition coefficient (Wildman–Crippen LogP) is 2.46. The van der Waals surface area contributed by atoms with Crippen LogP contribution in [0, 0.1) is 0 Å². The molecule has 3 nitrogen and oxygen atoms in total. The summed E-state index contributed by atoms with van der Waals surface area (Å²) in [6.45, 7) is 6.29. The lowest BCUT2D eigenvalue weighted by molar-refractivity contribution is -0.122. The molecule has 2 N–H and O–H groups in total. The van der Waals surface area contributed by atoms with Crippen molar-refractivity contribution in [2.45, 2.75) is 71.4 Å². The monoisotopic (exact) mass is 228 g/mol. The molecule has 0 aliphatic carbocycles. The van der Waals surface area contributed by atoms with Crippen LogP contribution < -0.4 is 10.6 Å². The van der Waals surface area contributed by atoms with Gasteiger partial charge in [-0.3, -0.25) is 4.79 Å². The Bertz CT molecular complexity index is 183. The number of unbranched alkanes of at least 4 members (excludes halogenated alkanes) is 4. The lowest BCUT2D eigenvalue weighted by Gasteiger charge is -2.18. The summed E-state index contributed by atoms with van der Waals surface area (Å²) in [6.07, 6.45) is 7.71. The molecule has 0 aromatic carbocycles. The largest absolute Gasteiger partial charge is 0.358 e. The number of carbonyl (C=O) groups is 1. The fourth-order valence-corrected chi connectivity index (χ4v) is 1.86. The van der Waals surface area contributed by atoms with E-state index in [9.17, 15) is 4.79 Å². The van der Waals surface area contributed by atoms with Crippen molar-refractivity contribution < 1.29 is 4.79 Å². The van der Waals surface area contributed by atoms with Crippen molar-refractivity contribution in [1.82, 2.24) is 10.6 Å². The molecule has 0 saturated carbocycles. The van der Waals surface area contributed by atoms with E-state index in [4.69, 9.17) is 0 Å². The number of rotatable bonds is 9. The molecule has 2 unspecified atom stereocenters. The molecule has 0 fully saturated rings. The topological polar surface area (TPSA) is 41.1 Å². The smallest absolute Gasteiger partial charge is 0.236 e. The third-order valence-electron chi connectivity index (χ3n) is 2.91. The van der Waals surface area contributed by atoms with Crippen LogP contribution in [0.15, 0.2) is 0 Å². The molecule has 96 valence electrons. The van der Waals surface area contributed by atoms with Crippen LogP contribution >= 0.6 is 0 Å². The van der Waals surface area contributed by atoms with Gasteiger partial charge in [0.2, 0.25) is 5.91 Å². The summed E-state index contributed by atoms with van der Waals surface area (Å²) in [7, 11) is 1.68. The van der Waals surface area contributed by atoms with Crippen molar-refractivity contribution in [3.63, 3.8) is 0 Å². The molecular weight excluding hydrogens is 200 g/mol. The summed E-state index contributed by atoms with van der Waals surface area (Å²) in [5, 5.41) is 5.96. The van der Waals surface area contributed by atoms with E-state index < -0.39 is 0 Å². The van der Waals surface area contributed by atoms with Gasteiger partial charge in [-0.15, -0.1) is 0 Å². The second kappa shape index (κ2) is 9.64. The zero-order valence-corrected chi connectivity index (χ0v) is 11.3. The van der Waals surface area contributed by atoms with Crippen LogP contribution in [0.3, 0.4) is 0 Å². The fraction of sp³-hybridized carbons (Fsp3) is 0.923. The maximum absolute atomic E-state index is 11.3. The van der Waals surface area contributed by atoms with Gasteiger partial charge < -0.3 is 10.6 Å². The normalized spacial score (nSPS) is 14.5. The number of hydrogen-bond acceptors (Lipinski definition) is 2. The highest BCUT2D eigenvalue weighted by Gasteiger charge is 2.12. The van der Waals surface area contributed by atoms with Gasteiger partial charge in [0.1, 0.15) is 0 Å². The summed E-state index contributed by atoms with van der Waals surface area (Å²) in [4.78, 5) is 11.3. The van der Waals surface area contributed by atoms with Crippen molar-refractivity contribution >= 4 is 5.91 Å². The van der Waals surface area contributed by atoms with Crippen LogP contribution in [0.2, 0.25) is 0 Å². The Morgan fingerprint density at radius 1 is 1.12 bits per heavy atom. The van der Waals surface area contributed by atoms with Crippen LogP contribution in [-0.4, -0.2) is 25.0 Å². The van der Waals surface area contributed by atoms with E-state index in [0.717, 1.165) is 6.42 Å². The Balaban J connectivity index is 3.50. The predicted molar refractivity (Wildman–Crippen MR) is 69.5 cm³/mol. The molecule has 0 aliphatic rings. The first-order valence-corrected chi connectivity index (χ1v) is 6.59. The van der Waals surface area contributed by atoms with E-state index in [0.29, 0.717) is 6.04 Å². The number of nitrogens with one attached hydrogen (secondary N) is 2. The number of hydrogen-bond donors (Lipinski definition) is 2. The molecule has 1 amide bonds. The van der Waals surface area contributed by atoms with Gasteiger partial charge in [-0.25, -0.2) is 0 Å². The molecule has 0 bridgehead atoms. The quantitative estimate of drug-likeness (QED) is 0.595. The second-order valence-electron chi connectivity index (χ2n) is 4.61. The van der Waals surface area contributed by atoms with Crippen LogP contribution in [0.5, 0.6) is 0 Å². The van der Waals surface area contributed by atoms with Gasteiger partial charge in [0, 0.05) is 13.1 Å². The summed E-state index contributed by atoms with van der Waals surface area (Å²) in [5.74, 6) is 0.0674. The molecule has 2 atom stereocenters. The van der Waals surface area contributed by atoms with Crippen LogP contribution in [0.25, 0.3) is 0 Å². The van der Waals surface area contributed by atoms with E-state index >= 15 is 0 Å². The minimum absolute atomic E-state index is 0.0674. The molecule has 3 heteroatoms. The first-order valence-electron chi connectivity index (χ1n) is 6.59. The van der Waals surface area contributed by atoms with Gasteiger partial charge in [0.05, 0.1) is 6.04 Å². The van der Waals surface area contributed by atoms with Crippen molar-refractivity contribution in [1.29, 1.82) is 0 Å². The van der Waals surface area contributed by atoms with E-state index in [-0.39, 0.29) is 11.9 Å². The van der Waals surface area contributed by atoms with Crippen molar-refractivity contribution in [3.8, 4) is 0 Å². The van der Waals surface area contributed by atoms with Gasteiger partial charge in [0.25, 0.3) is 0 Å². The molecule has 0 aliphatic heterocycles. The first-order chi connectivity index (χ1) is 7.61. The molecule has 0 aromatic heterocycles. The first kappa shape index (κ1) is 15.4. The molecule has 0 heterocycles. The van der Waals surface area contributed by atoms with Crippen LogP contribution in [0.1, 0.15) is 59.3 Å². The summed E-state index contributed by atoms with van der Waals surface area (Å²) >= 11 is 0. The Kier molecular flexibility index (Phi) is 9.30. The SMILES string of the molecule is CCCCCCCC(C)NC(C)C(=O)NC. The maximum atomic E-state index is 11.3. The Hall–Kier alpha value is -0.570. The third kappa shape index (κ3) is 7.69. The van der Waals surface area contributed by atoms with Crippen molar-refractivity contribution in [2.75, 3.05) is 7.05 Å². The lowest BCUT2D eigenvalue weighted by atomic mass is 10.1. The summed E-state index contributed by atoms with van der Waals surface area (Å²) in [6, 6.07) is 0.338. The zero-order chi connectivity index (χ0) is 12.4. The molecule has 0 saturated heterocycles. The van der Waals surface area contributed by atoms with Gasteiger partial charge in [0.15, 0.2) is 0 Å². The average molecular weight is 228 g/mol. The minimum atomic E-state index is -0.0874. The highest BCUT2D eigenvalue weighted by Crippen LogP contribution is 2.07.